The molecule has 0 saturated carbocycles. The van der Waals surface area contributed by atoms with Gasteiger partial charge in [-0.15, -0.1) is 0 Å². The fourth-order valence-electron chi connectivity index (χ4n) is 2.07. The maximum absolute atomic E-state index is 6.15. The molecule has 0 unspecified atom stereocenters. The first-order valence-electron chi connectivity index (χ1n) is 7.73. The van der Waals surface area contributed by atoms with Gasteiger partial charge in [-0.25, -0.2) is 0 Å². The summed E-state index contributed by atoms with van der Waals surface area (Å²) in [7, 11) is -0.299. The van der Waals surface area contributed by atoms with E-state index in [1.165, 1.54) is 0 Å². The van der Waals surface area contributed by atoms with E-state index in [2.05, 4.69) is 41.5 Å². The lowest BCUT2D eigenvalue weighted by Gasteiger charge is -2.47. The maximum atomic E-state index is 6.15. The molecule has 116 valence electrons. The largest absolute Gasteiger partial charge is 0.494 e. The van der Waals surface area contributed by atoms with E-state index in [0.29, 0.717) is 12.5 Å². The SMILES string of the molecule is CC(C)COc1ccc(B2OCC(C)(C)C(C)(C)O2)cc1. The molecule has 1 aliphatic heterocycles. The average molecular weight is 290 g/mol. The maximum Gasteiger partial charge on any atom is 0.494 e. The fourth-order valence-corrected chi connectivity index (χ4v) is 2.07. The smallest absolute Gasteiger partial charge is 0.493 e. The molecule has 0 aliphatic carbocycles. The van der Waals surface area contributed by atoms with Gasteiger partial charge in [0.05, 0.1) is 12.2 Å². The summed E-state index contributed by atoms with van der Waals surface area (Å²) in [6, 6.07) is 8.01. The second-order valence-corrected chi connectivity index (χ2v) is 7.43. The van der Waals surface area contributed by atoms with Gasteiger partial charge >= 0.3 is 7.12 Å². The molecule has 2 rings (SSSR count). The Labute approximate surface area is 129 Å². The van der Waals surface area contributed by atoms with E-state index in [0.717, 1.165) is 17.8 Å². The van der Waals surface area contributed by atoms with Gasteiger partial charge in [-0.05, 0) is 37.4 Å². The summed E-state index contributed by atoms with van der Waals surface area (Å²) < 4.78 is 17.7. The molecule has 1 saturated heterocycles. The summed E-state index contributed by atoms with van der Waals surface area (Å²) in [6.45, 7) is 14.3. The number of rotatable bonds is 4. The summed E-state index contributed by atoms with van der Waals surface area (Å²) in [5.41, 5.74) is 0.822. The molecule has 0 N–H and O–H groups in total. The van der Waals surface area contributed by atoms with Crippen molar-refractivity contribution < 1.29 is 14.0 Å². The predicted octanol–water partition coefficient (Wildman–Crippen LogP) is 3.27. The van der Waals surface area contributed by atoms with Crippen molar-refractivity contribution in [1.82, 2.24) is 0 Å². The minimum absolute atomic E-state index is 0.00379. The molecule has 1 aromatic carbocycles. The highest BCUT2D eigenvalue weighted by Crippen LogP contribution is 2.38. The zero-order valence-corrected chi connectivity index (χ0v) is 14.1. The van der Waals surface area contributed by atoms with Crippen LogP contribution in [0.5, 0.6) is 5.75 Å². The Balaban J connectivity index is 2.03. The van der Waals surface area contributed by atoms with Crippen molar-refractivity contribution in [1.29, 1.82) is 0 Å². The van der Waals surface area contributed by atoms with Gasteiger partial charge < -0.3 is 14.0 Å². The van der Waals surface area contributed by atoms with Crippen LogP contribution in [0.1, 0.15) is 41.5 Å². The molecular weight excluding hydrogens is 263 g/mol. The van der Waals surface area contributed by atoms with Crippen LogP contribution in [-0.4, -0.2) is 25.9 Å². The van der Waals surface area contributed by atoms with E-state index in [9.17, 15) is 0 Å². The highest BCUT2D eigenvalue weighted by atomic mass is 16.6. The van der Waals surface area contributed by atoms with Gasteiger partial charge in [-0.2, -0.15) is 0 Å². The van der Waals surface area contributed by atoms with Crippen LogP contribution in [0.4, 0.5) is 0 Å². The molecule has 21 heavy (non-hydrogen) atoms. The quantitative estimate of drug-likeness (QED) is 0.797. The lowest BCUT2D eigenvalue weighted by Crippen LogP contribution is -2.58. The molecule has 1 aliphatic rings. The normalized spacial score (nSPS) is 20.6. The van der Waals surface area contributed by atoms with Crippen LogP contribution in [0, 0.1) is 11.3 Å². The molecule has 1 aromatic rings. The summed E-state index contributed by atoms with van der Waals surface area (Å²) in [4.78, 5) is 0. The number of hydrogen-bond acceptors (Lipinski definition) is 3. The molecule has 0 spiro atoms. The van der Waals surface area contributed by atoms with Gasteiger partial charge in [-0.1, -0.05) is 39.8 Å². The zero-order valence-electron chi connectivity index (χ0n) is 14.1. The van der Waals surface area contributed by atoms with Crippen molar-refractivity contribution in [2.24, 2.45) is 11.3 Å². The van der Waals surface area contributed by atoms with E-state index in [-0.39, 0.29) is 18.1 Å². The topological polar surface area (TPSA) is 27.7 Å². The fraction of sp³-hybridized carbons (Fsp3) is 0.647. The van der Waals surface area contributed by atoms with Crippen molar-refractivity contribution in [3.8, 4) is 5.75 Å². The van der Waals surface area contributed by atoms with Crippen LogP contribution in [0.3, 0.4) is 0 Å². The van der Waals surface area contributed by atoms with E-state index in [4.69, 9.17) is 14.0 Å². The Morgan fingerprint density at radius 1 is 1.14 bits per heavy atom. The minimum atomic E-state index is -0.299. The summed E-state index contributed by atoms with van der Waals surface area (Å²) in [5, 5.41) is 0. The van der Waals surface area contributed by atoms with E-state index in [1.807, 2.05) is 24.3 Å². The van der Waals surface area contributed by atoms with Crippen LogP contribution in [-0.2, 0) is 9.31 Å². The van der Waals surface area contributed by atoms with E-state index >= 15 is 0 Å². The van der Waals surface area contributed by atoms with Crippen LogP contribution in [0.2, 0.25) is 0 Å². The molecule has 4 heteroatoms. The first-order valence-corrected chi connectivity index (χ1v) is 7.73. The molecule has 0 aromatic heterocycles. The third kappa shape index (κ3) is 3.80. The molecule has 0 bridgehead atoms. The third-order valence-corrected chi connectivity index (χ3v) is 4.36. The second kappa shape index (κ2) is 6.01. The highest BCUT2D eigenvalue weighted by molar-refractivity contribution is 6.61. The summed E-state index contributed by atoms with van der Waals surface area (Å²) in [5.74, 6) is 1.42. The van der Waals surface area contributed by atoms with Crippen molar-refractivity contribution >= 4 is 12.6 Å². The molecule has 3 nitrogen and oxygen atoms in total. The summed E-state index contributed by atoms with van der Waals surface area (Å²) >= 11 is 0. The molecular formula is C17H27BO3. The van der Waals surface area contributed by atoms with Crippen molar-refractivity contribution in [2.45, 2.75) is 47.1 Å². The predicted molar refractivity (Wildman–Crippen MR) is 87.1 cm³/mol. The number of benzene rings is 1. The third-order valence-electron chi connectivity index (χ3n) is 4.36. The zero-order chi connectivity index (χ0) is 15.7. The Kier molecular flexibility index (Phi) is 4.69. The molecule has 0 amide bonds. The lowest BCUT2D eigenvalue weighted by atomic mass is 9.69. The molecule has 0 radical (unpaired) electrons. The van der Waals surface area contributed by atoms with Crippen LogP contribution >= 0.6 is 0 Å². The summed E-state index contributed by atoms with van der Waals surface area (Å²) in [6.07, 6.45) is 0. The number of hydrogen-bond donors (Lipinski definition) is 0. The van der Waals surface area contributed by atoms with Gasteiger partial charge in [0, 0.05) is 12.0 Å². The average Bonchev–Trinajstić information content (AvgIpc) is 2.40. The van der Waals surface area contributed by atoms with Crippen LogP contribution < -0.4 is 10.2 Å². The van der Waals surface area contributed by atoms with Gasteiger partial charge in [0.1, 0.15) is 5.75 Å². The Bertz CT molecular complexity index is 465. The van der Waals surface area contributed by atoms with E-state index < -0.39 is 0 Å². The van der Waals surface area contributed by atoms with Crippen LogP contribution in [0.25, 0.3) is 0 Å². The van der Waals surface area contributed by atoms with Gasteiger partial charge in [0.25, 0.3) is 0 Å². The second-order valence-electron chi connectivity index (χ2n) is 7.43. The lowest BCUT2D eigenvalue weighted by molar-refractivity contribution is -0.0937. The molecule has 0 atom stereocenters. The first kappa shape index (κ1) is 16.4. The Morgan fingerprint density at radius 2 is 1.76 bits per heavy atom. The van der Waals surface area contributed by atoms with Crippen molar-refractivity contribution in [3.63, 3.8) is 0 Å². The standard InChI is InChI=1S/C17H27BO3/c1-13(2)11-19-15-9-7-14(8-10-15)18-20-12-16(3,4)17(5,6)21-18/h7-10,13H,11-12H2,1-6H3. The monoisotopic (exact) mass is 290 g/mol. The first-order chi connectivity index (χ1) is 9.71. The van der Waals surface area contributed by atoms with E-state index in [1.54, 1.807) is 0 Å². The van der Waals surface area contributed by atoms with Crippen molar-refractivity contribution in [2.75, 3.05) is 13.2 Å². The Hall–Kier alpha value is -0.995. The van der Waals surface area contributed by atoms with Crippen LogP contribution in [0.15, 0.2) is 24.3 Å². The molecule has 1 heterocycles. The van der Waals surface area contributed by atoms with Gasteiger partial charge in [-0.3, -0.25) is 0 Å². The molecule has 1 fully saturated rings. The highest BCUT2D eigenvalue weighted by Gasteiger charge is 2.46. The van der Waals surface area contributed by atoms with Gasteiger partial charge in [0.2, 0.25) is 0 Å². The number of ether oxygens (including phenoxy) is 1. The minimum Gasteiger partial charge on any atom is -0.493 e. The van der Waals surface area contributed by atoms with Crippen molar-refractivity contribution in [3.05, 3.63) is 24.3 Å². The van der Waals surface area contributed by atoms with Gasteiger partial charge in [0.15, 0.2) is 0 Å². The Morgan fingerprint density at radius 3 is 2.29 bits per heavy atom.